The van der Waals surface area contributed by atoms with Crippen LogP contribution in [0.4, 0.5) is 0 Å². The lowest BCUT2D eigenvalue weighted by atomic mass is 9.63. The largest absolute Gasteiger partial charge is 0.289 e. The number of hydrogen-bond acceptors (Lipinski definition) is 4. The van der Waals surface area contributed by atoms with Crippen molar-refractivity contribution in [3.05, 3.63) is 35.7 Å². The van der Waals surface area contributed by atoms with Crippen molar-refractivity contribution in [1.82, 2.24) is 20.4 Å². The number of aromatic nitrogens is 2. The van der Waals surface area contributed by atoms with Crippen molar-refractivity contribution in [2.75, 3.05) is 14.1 Å². The van der Waals surface area contributed by atoms with Gasteiger partial charge in [0.25, 0.3) is 0 Å². The van der Waals surface area contributed by atoms with E-state index in [1.807, 2.05) is 38.4 Å². The predicted octanol–water partition coefficient (Wildman–Crippen LogP) is 2.55. The smallest absolute Gasteiger partial charge is 0.247 e. The van der Waals surface area contributed by atoms with Gasteiger partial charge in [0.15, 0.2) is 0 Å². The zero-order valence-corrected chi connectivity index (χ0v) is 15.0. The molecule has 0 saturated heterocycles. The molecule has 0 spiro atoms. The van der Waals surface area contributed by atoms with Gasteiger partial charge >= 0.3 is 0 Å². The highest BCUT2D eigenvalue weighted by molar-refractivity contribution is 5.92. The van der Waals surface area contributed by atoms with Gasteiger partial charge in [-0.15, -0.1) is 0 Å². The maximum Gasteiger partial charge on any atom is 0.247 e. The first kappa shape index (κ1) is 15.5. The SMILES string of the molecule is CN(C)NC(=O)C12CCC(C)(c3nc4ccccc4nc31)C2(C)C. The Bertz CT molecular complexity index is 860. The first-order valence-electron chi connectivity index (χ1n) is 8.50. The molecular formula is C19H24N4O. The van der Waals surface area contributed by atoms with Gasteiger partial charge in [-0.25, -0.2) is 15.0 Å². The first-order chi connectivity index (χ1) is 11.2. The molecule has 2 aromatic rings. The molecule has 2 atom stereocenters. The fraction of sp³-hybridized carbons (Fsp3) is 0.526. The van der Waals surface area contributed by atoms with Crippen LogP contribution in [0, 0.1) is 5.41 Å². The van der Waals surface area contributed by atoms with Crippen LogP contribution < -0.4 is 5.43 Å². The van der Waals surface area contributed by atoms with Crippen LogP contribution in [0.5, 0.6) is 0 Å². The summed E-state index contributed by atoms with van der Waals surface area (Å²) in [4.78, 5) is 23.2. The number of hydrogen-bond donors (Lipinski definition) is 1. The Hall–Kier alpha value is -2.01. The number of benzene rings is 1. The van der Waals surface area contributed by atoms with Crippen LogP contribution in [-0.4, -0.2) is 35.0 Å². The summed E-state index contributed by atoms with van der Waals surface area (Å²) in [6.07, 6.45) is 1.77. The summed E-state index contributed by atoms with van der Waals surface area (Å²) >= 11 is 0. The molecule has 4 rings (SSSR count). The fourth-order valence-corrected chi connectivity index (χ4v) is 4.85. The van der Waals surface area contributed by atoms with Gasteiger partial charge in [0, 0.05) is 19.5 Å². The number of nitrogens with one attached hydrogen (secondary N) is 1. The minimum atomic E-state index is -0.627. The minimum absolute atomic E-state index is 0.0320. The Labute approximate surface area is 142 Å². The van der Waals surface area contributed by atoms with Gasteiger partial charge in [-0.3, -0.25) is 10.2 Å². The van der Waals surface area contributed by atoms with E-state index in [0.717, 1.165) is 35.3 Å². The van der Waals surface area contributed by atoms with E-state index in [0.29, 0.717) is 0 Å². The number of nitrogens with zero attached hydrogens (tertiary/aromatic N) is 3. The van der Waals surface area contributed by atoms with Crippen molar-refractivity contribution in [3.63, 3.8) is 0 Å². The molecular weight excluding hydrogens is 300 g/mol. The average molecular weight is 324 g/mol. The molecule has 5 nitrogen and oxygen atoms in total. The van der Waals surface area contributed by atoms with Gasteiger partial charge in [-0.05, 0) is 30.4 Å². The van der Waals surface area contributed by atoms with Gasteiger partial charge in [-0.2, -0.15) is 0 Å². The topological polar surface area (TPSA) is 58.1 Å². The third-order valence-corrected chi connectivity index (χ3v) is 6.66. The monoisotopic (exact) mass is 324 g/mol. The molecule has 2 aliphatic rings. The van der Waals surface area contributed by atoms with E-state index in [-0.39, 0.29) is 16.7 Å². The summed E-state index contributed by atoms with van der Waals surface area (Å²) in [7, 11) is 3.69. The minimum Gasteiger partial charge on any atom is -0.289 e. The van der Waals surface area contributed by atoms with E-state index < -0.39 is 5.41 Å². The summed E-state index contributed by atoms with van der Waals surface area (Å²) in [5, 5.41) is 1.72. The van der Waals surface area contributed by atoms with E-state index in [1.54, 1.807) is 5.01 Å². The van der Waals surface area contributed by atoms with Crippen LogP contribution >= 0.6 is 0 Å². The molecule has 2 aliphatic carbocycles. The number of carbonyl (C=O) groups is 1. The molecule has 24 heavy (non-hydrogen) atoms. The van der Waals surface area contributed by atoms with Crippen LogP contribution in [0.2, 0.25) is 0 Å². The van der Waals surface area contributed by atoms with E-state index in [1.165, 1.54) is 0 Å². The molecule has 1 fully saturated rings. The standard InChI is InChI=1S/C19H24N4O/c1-17(2)18(3)10-11-19(17,16(24)22-23(4)5)15-14(18)20-12-8-6-7-9-13(12)21-15/h6-9H,10-11H2,1-5H3,(H,22,24). The van der Waals surface area contributed by atoms with E-state index in [2.05, 4.69) is 26.2 Å². The zero-order chi connectivity index (χ0) is 17.3. The zero-order valence-electron chi connectivity index (χ0n) is 15.0. The highest BCUT2D eigenvalue weighted by atomic mass is 16.2. The van der Waals surface area contributed by atoms with E-state index in [9.17, 15) is 4.79 Å². The Morgan fingerprint density at radius 2 is 1.62 bits per heavy atom. The molecule has 1 saturated carbocycles. The lowest BCUT2D eigenvalue weighted by molar-refractivity contribution is -0.134. The van der Waals surface area contributed by atoms with Gasteiger partial charge in [-0.1, -0.05) is 32.9 Å². The van der Waals surface area contributed by atoms with Crippen LogP contribution in [0.3, 0.4) is 0 Å². The quantitative estimate of drug-likeness (QED) is 0.863. The summed E-state index contributed by atoms with van der Waals surface area (Å²) in [5.41, 5.74) is 5.64. The Kier molecular flexibility index (Phi) is 2.93. The molecule has 5 heteroatoms. The molecule has 0 aliphatic heterocycles. The van der Waals surface area contributed by atoms with Crippen molar-refractivity contribution in [1.29, 1.82) is 0 Å². The lowest BCUT2D eigenvalue weighted by Gasteiger charge is -2.39. The third-order valence-electron chi connectivity index (χ3n) is 6.66. The van der Waals surface area contributed by atoms with Crippen molar-refractivity contribution in [2.45, 2.75) is 44.4 Å². The fourth-order valence-electron chi connectivity index (χ4n) is 4.85. The maximum absolute atomic E-state index is 13.3. The number of para-hydroxylation sites is 2. The van der Waals surface area contributed by atoms with Gasteiger partial charge < -0.3 is 0 Å². The molecule has 1 amide bonds. The Morgan fingerprint density at radius 1 is 1.04 bits per heavy atom. The normalized spacial score (nSPS) is 29.9. The summed E-state index contributed by atoms with van der Waals surface area (Å²) in [5.74, 6) is 0.0320. The molecule has 2 bridgehead atoms. The number of hydrazine groups is 1. The van der Waals surface area contributed by atoms with Crippen molar-refractivity contribution in [3.8, 4) is 0 Å². The molecule has 126 valence electrons. The summed E-state index contributed by atoms with van der Waals surface area (Å²) in [6, 6.07) is 7.92. The summed E-state index contributed by atoms with van der Waals surface area (Å²) < 4.78 is 0. The van der Waals surface area contributed by atoms with Crippen LogP contribution in [0.1, 0.15) is 45.0 Å². The second-order valence-corrected chi connectivity index (χ2v) is 8.11. The predicted molar refractivity (Wildman–Crippen MR) is 93.4 cm³/mol. The molecule has 1 aromatic carbocycles. The number of carbonyl (C=O) groups excluding carboxylic acids is 1. The highest BCUT2D eigenvalue weighted by Crippen LogP contribution is 2.70. The van der Waals surface area contributed by atoms with E-state index >= 15 is 0 Å². The average Bonchev–Trinajstić information content (AvgIpc) is 2.81. The lowest BCUT2D eigenvalue weighted by Crippen LogP contribution is -2.54. The Morgan fingerprint density at radius 3 is 2.21 bits per heavy atom. The first-order valence-corrected chi connectivity index (χ1v) is 8.50. The number of fused-ring (bicyclic) bond motifs is 6. The second kappa shape index (κ2) is 4.54. The van der Waals surface area contributed by atoms with Gasteiger partial charge in [0.05, 0.1) is 22.4 Å². The van der Waals surface area contributed by atoms with Crippen molar-refractivity contribution in [2.24, 2.45) is 5.41 Å². The summed E-state index contributed by atoms with van der Waals surface area (Å²) in [6.45, 7) is 6.64. The number of amides is 1. The molecule has 1 N–H and O–H groups in total. The van der Waals surface area contributed by atoms with Crippen LogP contribution in [0.25, 0.3) is 11.0 Å². The van der Waals surface area contributed by atoms with Gasteiger partial charge in [0.2, 0.25) is 5.91 Å². The molecule has 0 radical (unpaired) electrons. The molecule has 1 heterocycles. The maximum atomic E-state index is 13.3. The second-order valence-electron chi connectivity index (χ2n) is 8.11. The molecule has 1 aromatic heterocycles. The van der Waals surface area contributed by atoms with Crippen LogP contribution in [0.15, 0.2) is 24.3 Å². The van der Waals surface area contributed by atoms with Crippen molar-refractivity contribution >= 4 is 16.9 Å². The van der Waals surface area contributed by atoms with Crippen molar-refractivity contribution < 1.29 is 4.79 Å². The van der Waals surface area contributed by atoms with Crippen LogP contribution in [-0.2, 0) is 15.6 Å². The highest BCUT2D eigenvalue weighted by Gasteiger charge is 2.73. The van der Waals surface area contributed by atoms with E-state index in [4.69, 9.17) is 9.97 Å². The number of rotatable bonds is 2. The third kappa shape index (κ3) is 1.56. The molecule has 2 unspecified atom stereocenters. The van der Waals surface area contributed by atoms with Gasteiger partial charge in [0.1, 0.15) is 5.41 Å². The Balaban J connectivity index is 2.02.